The number of nitrogens with zero attached hydrogens (tertiary/aromatic N) is 3. The molecular weight excluding hydrogens is 410 g/mol. The first-order valence-electron chi connectivity index (χ1n) is 9.11. The molecule has 1 aliphatic rings. The highest BCUT2D eigenvalue weighted by atomic mass is 32.2. The molecule has 1 aliphatic carbocycles. The lowest BCUT2D eigenvalue weighted by molar-refractivity contribution is 0.0929. The first kappa shape index (κ1) is 20.0. The molecule has 4 rings (SSSR count). The molecular formula is C19H19N5O5S. The van der Waals surface area contributed by atoms with Gasteiger partial charge in [-0.15, -0.1) is 0 Å². The van der Waals surface area contributed by atoms with E-state index in [1.54, 1.807) is 0 Å². The Labute approximate surface area is 172 Å². The van der Waals surface area contributed by atoms with Crippen molar-refractivity contribution in [1.29, 1.82) is 0 Å². The van der Waals surface area contributed by atoms with Crippen LogP contribution in [0.3, 0.4) is 0 Å². The third kappa shape index (κ3) is 3.89. The van der Waals surface area contributed by atoms with Crippen LogP contribution in [0, 0.1) is 0 Å². The van der Waals surface area contributed by atoms with Crippen LogP contribution in [-0.2, 0) is 33.7 Å². The molecule has 0 radical (unpaired) electrons. The number of aromatic nitrogens is 3. The minimum atomic E-state index is -3.77. The van der Waals surface area contributed by atoms with Crippen LogP contribution in [0.5, 0.6) is 0 Å². The molecule has 11 heteroatoms. The highest BCUT2D eigenvalue weighted by Gasteiger charge is 2.26. The number of primary amides is 1. The molecule has 2 amide bonds. The molecule has 3 N–H and O–H groups in total. The lowest BCUT2D eigenvalue weighted by Crippen LogP contribution is -2.36. The predicted molar refractivity (Wildman–Crippen MR) is 106 cm³/mol. The van der Waals surface area contributed by atoms with Crippen LogP contribution in [0.2, 0.25) is 0 Å². The molecule has 1 aromatic carbocycles. The monoisotopic (exact) mass is 429 g/mol. The van der Waals surface area contributed by atoms with Gasteiger partial charge in [-0.1, -0.05) is 24.3 Å². The van der Waals surface area contributed by atoms with E-state index in [0.717, 1.165) is 19.1 Å². The molecule has 0 atom stereocenters. The minimum absolute atomic E-state index is 0.0195. The lowest BCUT2D eigenvalue weighted by atomic mass is 10.1. The standard InChI is InChI=1S/C19H19N5O5S/c1-30(27,28)29-10-14-16(17(20)25)18-21-7-6-15(24(18)23-14)19(26)22-13-8-11-4-2-3-5-12(11)9-13/h2-7,13H,8-10H2,1H3,(H2,20,25)(H,22,26). The van der Waals surface area contributed by atoms with Gasteiger partial charge in [0.2, 0.25) is 0 Å². The lowest BCUT2D eigenvalue weighted by Gasteiger charge is -2.12. The normalized spacial score (nSPS) is 14.0. The summed E-state index contributed by atoms with van der Waals surface area (Å²) in [4.78, 5) is 29.0. The number of carbonyl (C=O) groups excluding carboxylic acids is 2. The maximum atomic E-state index is 12.9. The topological polar surface area (TPSA) is 146 Å². The zero-order valence-corrected chi connectivity index (χ0v) is 16.8. The van der Waals surface area contributed by atoms with Crippen LogP contribution in [0.15, 0.2) is 36.5 Å². The largest absolute Gasteiger partial charge is 0.365 e. The first-order chi connectivity index (χ1) is 14.2. The molecule has 10 nitrogen and oxygen atoms in total. The van der Waals surface area contributed by atoms with Crippen molar-refractivity contribution in [3.05, 3.63) is 64.6 Å². The van der Waals surface area contributed by atoms with Crippen molar-refractivity contribution in [1.82, 2.24) is 19.9 Å². The molecule has 0 saturated heterocycles. The predicted octanol–water partition coefficient (Wildman–Crippen LogP) is 0.202. The zero-order chi connectivity index (χ0) is 21.5. The summed E-state index contributed by atoms with van der Waals surface area (Å²) >= 11 is 0. The van der Waals surface area contributed by atoms with Crippen LogP contribution in [0.25, 0.3) is 5.65 Å². The molecule has 2 heterocycles. The number of carbonyl (C=O) groups is 2. The number of hydrogen-bond donors (Lipinski definition) is 2. The van der Waals surface area contributed by atoms with Gasteiger partial charge in [-0.3, -0.25) is 13.8 Å². The second-order valence-corrected chi connectivity index (χ2v) is 8.71. The van der Waals surface area contributed by atoms with Crippen molar-refractivity contribution in [2.45, 2.75) is 25.5 Å². The molecule has 0 fully saturated rings. The number of nitrogens with one attached hydrogen (secondary N) is 1. The summed E-state index contributed by atoms with van der Waals surface area (Å²) in [7, 11) is -3.77. The Bertz CT molecular complexity index is 1240. The number of nitrogens with two attached hydrogens (primary N) is 1. The van der Waals surface area contributed by atoms with Gasteiger partial charge in [-0.25, -0.2) is 9.50 Å². The van der Waals surface area contributed by atoms with Gasteiger partial charge in [0.15, 0.2) is 5.65 Å². The molecule has 2 aromatic heterocycles. The Morgan fingerprint density at radius 2 is 1.90 bits per heavy atom. The third-order valence-electron chi connectivity index (χ3n) is 4.87. The number of amides is 2. The van der Waals surface area contributed by atoms with Crippen LogP contribution in [0.1, 0.15) is 37.7 Å². The van der Waals surface area contributed by atoms with E-state index in [0.29, 0.717) is 0 Å². The summed E-state index contributed by atoms with van der Waals surface area (Å²) < 4.78 is 28.5. The van der Waals surface area contributed by atoms with Crippen LogP contribution < -0.4 is 11.1 Å². The van der Waals surface area contributed by atoms with E-state index >= 15 is 0 Å². The fourth-order valence-electron chi connectivity index (χ4n) is 3.60. The maximum Gasteiger partial charge on any atom is 0.270 e. The van der Waals surface area contributed by atoms with Gasteiger partial charge in [0, 0.05) is 12.2 Å². The highest BCUT2D eigenvalue weighted by Crippen LogP contribution is 2.22. The van der Waals surface area contributed by atoms with Gasteiger partial charge in [0.25, 0.3) is 21.9 Å². The zero-order valence-electron chi connectivity index (χ0n) is 16.0. The van der Waals surface area contributed by atoms with E-state index in [9.17, 15) is 18.0 Å². The smallest absolute Gasteiger partial charge is 0.270 e. The molecule has 0 aliphatic heterocycles. The van der Waals surface area contributed by atoms with E-state index in [-0.39, 0.29) is 28.6 Å². The fraction of sp³-hybridized carbons (Fsp3) is 0.263. The van der Waals surface area contributed by atoms with Gasteiger partial charge in [-0.2, -0.15) is 13.5 Å². The van der Waals surface area contributed by atoms with Crippen molar-refractivity contribution >= 4 is 27.6 Å². The molecule has 0 bridgehead atoms. The summed E-state index contributed by atoms with van der Waals surface area (Å²) in [5, 5.41) is 7.15. The Kier molecular flexibility index (Phi) is 5.00. The fourth-order valence-corrected chi connectivity index (χ4v) is 3.92. The Morgan fingerprint density at radius 1 is 1.23 bits per heavy atom. The number of benzene rings is 1. The summed E-state index contributed by atoms with van der Waals surface area (Å²) in [6, 6.07) is 9.38. The van der Waals surface area contributed by atoms with Crippen LogP contribution >= 0.6 is 0 Å². The van der Waals surface area contributed by atoms with E-state index in [1.165, 1.54) is 27.9 Å². The van der Waals surface area contributed by atoms with Gasteiger partial charge < -0.3 is 11.1 Å². The molecule has 30 heavy (non-hydrogen) atoms. The van der Waals surface area contributed by atoms with Crippen molar-refractivity contribution in [2.75, 3.05) is 6.26 Å². The van der Waals surface area contributed by atoms with E-state index < -0.39 is 28.5 Å². The quantitative estimate of drug-likeness (QED) is 0.532. The van der Waals surface area contributed by atoms with Gasteiger partial charge in [0.1, 0.15) is 23.6 Å². The van der Waals surface area contributed by atoms with Crippen molar-refractivity contribution < 1.29 is 22.2 Å². The van der Waals surface area contributed by atoms with Gasteiger partial charge in [0.05, 0.1) is 6.26 Å². The SMILES string of the molecule is CS(=O)(=O)OCc1nn2c(C(=O)NC3Cc4ccccc4C3)ccnc2c1C(N)=O. The second-order valence-electron chi connectivity index (χ2n) is 7.07. The molecule has 0 unspecified atom stereocenters. The van der Waals surface area contributed by atoms with Crippen LogP contribution in [0.4, 0.5) is 0 Å². The Balaban J connectivity index is 1.64. The number of rotatable bonds is 6. The van der Waals surface area contributed by atoms with E-state index in [1.807, 2.05) is 24.3 Å². The molecule has 3 aromatic rings. The average molecular weight is 429 g/mol. The first-order valence-corrected chi connectivity index (χ1v) is 10.9. The summed E-state index contributed by atoms with van der Waals surface area (Å²) in [5.74, 6) is -1.25. The summed E-state index contributed by atoms with van der Waals surface area (Å²) in [6.45, 7) is -0.501. The van der Waals surface area contributed by atoms with E-state index in [2.05, 4.69) is 15.4 Å². The highest BCUT2D eigenvalue weighted by molar-refractivity contribution is 7.85. The Morgan fingerprint density at radius 3 is 2.50 bits per heavy atom. The summed E-state index contributed by atoms with van der Waals surface area (Å²) in [6.07, 6.45) is 3.68. The number of fused-ring (bicyclic) bond motifs is 2. The number of hydrogen-bond acceptors (Lipinski definition) is 7. The van der Waals surface area contributed by atoms with Gasteiger partial charge >= 0.3 is 0 Å². The van der Waals surface area contributed by atoms with Crippen molar-refractivity contribution in [2.24, 2.45) is 5.73 Å². The third-order valence-corrected chi connectivity index (χ3v) is 5.41. The molecule has 0 saturated carbocycles. The van der Waals surface area contributed by atoms with Crippen molar-refractivity contribution in [3.63, 3.8) is 0 Å². The van der Waals surface area contributed by atoms with Crippen LogP contribution in [-0.4, -0.2) is 47.1 Å². The van der Waals surface area contributed by atoms with E-state index in [4.69, 9.17) is 9.92 Å². The average Bonchev–Trinajstić information content (AvgIpc) is 3.25. The maximum absolute atomic E-state index is 12.9. The second kappa shape index (κ2) is 7.50. The Hall–Kier alpha value is -3.31. The van der Waals surface area contributed by atoms with Crippen molar-refractivity contribution in [3.8, 4) is 0 Å². The molecule has 0 spiro atoms. The summed E-state index contributed by atoms with van der Waals surface area (Å²) in [5.41, 5.74) is 7.90. The van der Waals surface area contributed by atoms with Gasteiger partial charge in [-0.05, 0) is 30.0 Å². The molecule has 156 valence electrons. The minimum Gasteiger partial charge on any atom is -0.365 e.